The average Bonchev–Trinajstić information content (AvgIpc) is 2.27. The Hall–Kier alpha value is -1.37. The fraction of sp³-hybridized carbons (Fsp3) is 0.333. The van der Waals surface area contributed by atoms with Crippen molar-refractivity contribution in [2.45, 2.75) is 6.10 Å². The Morgan fingerprint density at radius 3 is 2.88 bits per heavy atom. The van der Waals surface area contributed by atoms with Crippen LogP contribution in [0.1, 0.15) is 10.4 Å². The number of nitrogens with zero attached hydrogens (tertiary/aromatic N) is 1. The molecular formula is C9H11ClN2O4. The van der Waals surface area contributed by atoms with E-state index in [0.717, 1.165) is 0 Å². The van der Waals surface area contributed by atoms with Gasteiger partial charge in [-0.3, -0.25) is 0 Å². The molecule has 1 unspecified atom stereocenters. The summed E-state index contributed by atoms with van der Waals surface area (Å²) in [5.41, 5.74) is -0.0716. The van der Waals surface area contributed by atoms with Crippen molar-refractivity contribution >= 4 is 23.4 Å². The normalized spacial score (nSPS) is 12.2. The highest BCUT2D eigenvalue weighted by Crippen LogP contribution is 2.17. The van der Waals surface area contributed by atoms with Crippen LogP contribution in [0.3, 0.4) is 0 Å². The van der Waals surface area contributed by atoms with Gasteiger partial charge in [0, 0.05) is 12.7 Å². The van der Waals surface area contributed by atoms with Gasteiger partial charge in [-0.2, -0.15) is 0 Å². The van der Waals surface area contributed by atoms with E-state index in [2.05, 4.69) is 10.3 Å². The van der Waals surface area contributed by atoms with Crippen molar-refractivity contribution in [3.63, 3.8) is 0 Å². The number of rotatable bonds is 5. The quantitative estimate of drug-likeness (QED) is 0.592. The summed E-state index contributed by atoms with van der Waals surface area (Å²) in [6, 6.07) is 1.26. The van der Waals surface area contributed by atoms with Crippen LogP contribution in [0.2, 0.25) is 5.02 Å². The maximum Gasteiger partial charge on any atom is 0.337 e. The number of carbonyl (C=O) groups is 1. The number of carboxylic acids is 1. The lowest BCUT2D eigenvalue weighted by Crippen LogP contribution is -2.23. The van der Waals surface area contributed by atoms with Gasteiger partial charge in [-0.1, -0.05) is 11.6 Å². The standard InChI is InChI=1S/C9H11ClN2O4/c10-7-3-12-8(1-6(7)9(15)16)11-2-5(14)4-13/h1,3,5,13-14H,2,4H2,(H,11,12)(H,15,16). The summed E-state index contributed by atoms with van der Waals surface area (Å²) < 4.78 is 0. The molecule has 0 saturated carbocycles. The van der Waals surface area contributed by atoms with E-state index in [1.165, 1.54) is 12.3 Å². The summed E-state index contributed by atoms with van der Waals surface area (Å²) in [4.78, 5) is 14.6. The van der Waals surface area contributed by atoms with E-state index in [0.29, 0.717) is 0 Å². The van der Waals surface area contributed by atoms with Gasteiger partial charge in [-0.25, -0.2) is 9.78 Å². The van der Waals surface area contributed by atoms with E-state index in [4.69, 9.17) is 26.9 Å². The van der Waals surface area contributed by atoms with Crippen molar-refractivity contribution in [3.8, 4) is 0 Å². The second-order valence-corrected chi connectivity index (χ2v) is 3.48. The van der Waals surface area contributed by atoms with E-state index >= 15 is 0 Å². The first-order valence-corrected chi connectivity index (χ1v) is 4.84. The van der Waals surface area contributed by atoms with Crippen molar-refractivity contribution in [3.05, 3.63) is 22.8 Å². The number of aromatic carboxylic acids is 1. The SMILES string of the molecule is O=C(O)c1cc(NCC(O)CO)ncc1Cl. The van der Waals surface area contributed by atoms with Crippen LogP contribution in [0.5, 0.6) is 0 Å². The molecule has 6 nitrogen and oxygen atoms in total. The second-order valence-electron chi connectivity index (χ2n) is 3.07. The van der Waals surface area contributed by atoms with Crippen LogP contribution in [0.4, 0.5) is 5.82 Å². The topological polar surface area (TPSA) is 103 Å². The van der Waals surface area contributed by atoms with E-state index in [9.17, 15) is 4.79 Å². The van der Waals surface area contributed by atoms with E-state index in [-0.39, 0.29) is 29.6 Å². The number of aliphatic hydroxyl groups excluding tert-OH is 2. The number of pyridine rings is 1. The molecule has 0 aliphatic heterocycles. The molecule has 1 aromatic rings. The number of anilines is 1. The summed E-state index contributed by atoms with van der Waals surface area (Å²) in [7, 11) is 0. The molecule has 1 rings (SSSR count). The van der Waals surface area contributed by atoms with Crippen LogP contribution in [0.25, 0.3) is 0 Å². The lowest BCUT2D eigenvalue weighted by atomic mass is 10.2. The number of hydrogen-bond donors (Lipinski definition) is 4. The number of aliphatic hydroxyl groups is 2. The van der Waals surface area contributed by atoms with Gasteiger partial charge in [0.05, 0.1) is 23.3 Å². The molecule has 1 heterocycles. The zero-order chi connectivity index (χ0) is 12.1. The third-order valence-corrected chi connectivity index (χ3v) is 2.12. The predicted molar refractivity (Wildman–Crippen MR) is 57.8 cm³/mol. The molecule has 0 fully saturated rings. The molecule has 88 valence electrons. The van der Waals surface area contributed by atoms with E-state index in [1.54, 1.807) is 0 Å². The molecule has 0 aromatic carbocycles. The molecule has 0 spiro atoms. The summed E-state index contributed by atoms with van der Waals surface area (Å²) in [6.07, 6.45) is 0.282. The Bertz CT molecular complexity index is 386. The average molecular weight is 247 g/mol. The zero-order valence-electron chi connectivity index (χ0n) is 8.22. The molecule has 0 amide bonds. The minimum Gasteiger partial charge on any atom is -0.478 e. The minimum absolute atomic E-state index is 0.0424. The van der Waals surface area contributed by atoms with Crippen LogP contribution in [-0.4, -0.2) is 45.5 Å². The fourth-order valence-electron chi connectivity index (χ4n) is 0.986. The Morgan fingerprint density at radius 2 is 2.31 bits per heavy atom. The van der Waals surface area contributed by atoms with Crippen molar-refractivity contribution in [1.82, 2.24) is 4.98 Å². The van der Waals surface area contributed by atoms with Crippen molar-refractivity contribution in [2.24, 2.45) is 0 Å². The van der Waals surface area contributed by atoms with E-state index < -0.39 is 12.1 Å². The van der Waals surface area contributed by atoms with Crippen molar-refractivity contribution in [2.75, 3.05) is 18.5 Å². The lowest BCUT2D eigenvalue weighted by molar-refractivity contribution is 0.0697. The summed E-state index contributed by atoms with van der Waals surface area (Å²) in [6.45, 7) is -0.309. The molecular weight excluding hydrogens is 236 g/mol. The van der Waals surface area contributed by atoms with Gasteiger partial charge in [-0.05, 0) is 6.07 Å². The third-order valence-electron chi connectivity index (χ3n) is 1.82. The Labute approximate surface area is 96.5 Å². The monoisotopic (exact) mass is 246 g/mol. The molecule has 4 N–H and O–H groups in total. The molecule has 0 aliphatic rings. The molecule has 0 saturated heterocycles. The highest BCUT2D eigenvalue weighted by atomic mass is 35.5. The van der Waals surface area contributed by atoms with Crippen LogP contribution in [-0.2, 0) is 0 Å². The molecule has 0 aliphatic carbocycles. The summed E-state index contributed by atoms with van der Waals surface area (Å²) >= 11 is 5.62. The van der Waals surface area contributed by atoms with Crippen LogP contribution in [0.15, 0.2) is 12.3 Å². The number of nitrogens with one attached hydrogen (secondary N) is 1. The smallest absolute Gasteiger partial charge is 0.337 e. The largest absolute Gasteiger partial charge is 0.478 e. The number of carboxylic acid groups (broad SMARTS) is 1. The molecule has 0 radical (unpaired) electrons. The molecule has 16 heavy (non-hydrogen) atoms. The van der Waals surface area contributed by atoms with Gasteiger partial charge in [0.2, 0.25) is 0 Å². The fourth-order valence-corrected chi connectivity index (χ4v) is 1.17. The molecule has 7 heteroatoms. The van der Waals surface area contributed by atoms with Crippen molar-refractivity contribution in [1.29, 1.82) is 0 Å². The first-order chi connectivity index (χ1) is 7.54. The highest BCUT2D eigenvalue weighted by Gasteiger charge is 2.10. The first kappa shape index (κ1) is 12.7. The van der Waals surface area contributed by atoms with Gasteiger partial charge >= 0.3 is 5.97 Å². The van der Waals surface area contributed by atoms with Crippen molar-refractivity contribution < 1.29 is 20.1 Å². The lowest BCUT2D eigenvalue weighted by Gasteiger charge is -2.10. The van der Waals surface area contributed by atoms with Gasteiger partial charge < -0.3 is 20.6 Å². The zero-order valence-corrected chi connectivity index (χ0v) is 8.98. The molecule has 0 bridgehead atoms. The maximum absolute atomic E-state index is 10.7. The first-order valence-electron chi connectivity index (χ1n) is 4.46. The third kappa shape index (κ3) is 3.34. The predicted octanol–water partition coefficient (Wildman–Crippen LogP) is 0.198. The number of aromatic nitrogens is 1. The van der Waals surface area contributed by atoms with Crippen LogP contribution in [0, 0.1) is 0 Å². The Morgan fingerprint density at radius 1 is 1.62 bits per heavy atom. The second kappa shape index (κ2) is 5.64. The maximum atomic E-state index is 10.7. The highest BCUT2D eigenvalue weighted by molar-refractivity contribution is 6.33. The number of hydrogen-bond acceptors (Lipinski definition) is 5. The van der Waals surface area contributed by atoms with Crippen LogP contribution >= 0.6 is 11.6 Å². The summed E-state index contributed by atoms with van der Waals surface area (Å²) in [5.74, 6) is -0.882. The van der Waals surface area contributed by atoms with E-state index in [1.807, 2.05) is 0 Å². The minimum atomic E-state index is -1.15. The van der Waals surface area contributed by atoms with Gasteiger partial charge in [0.25, 0.3) is 0 Å². The van der Waals surface area contributed by atoms with Gasteiger partial charge in [0.15, 0.2) is 0 Å². The summed E-state index contributed by atoms with van der Waals surface area (Å²) in [5, 5.41) is 29.1. The van der Waals surface area contributed by atoms with Gasteiger partial charge in [-0.15, -0.1) is 0 Å². The van der Waals surface area contributed by atoms with Crippen LogP contribution < -0.4 is 5.32 Å². The number of halogens is 1. The Balaban J connectivity index is 2.75. The Kier molecular flexibility index (Phi) is 4.48. The molecule has 1 atom stereocenters. The van der Waals surface area contributed by atoms with Gasteiger partial charge in [0.1, 0.15) is 5.82 Å². The molecule has 1 aromatic heterocycles.